The van der Waals surface area contributed by atoms with Gasteiger partial charge in [0.05, 0.1) is 6.10 Å². The Bertz CT molecular complexity index is 452. The standard InChI is InChI=1S/C16H22ClNO2/c1-12(2)20-14-5-3-13(4-6-14)15(19)18-11-16(7-8-16)9-10-17/h3-6,12H,7-11H2,1-2H3,(H,18,19). The number of halogens is 1. The van der Waals surface area contributed by atoms with Crippen LogP contribution in [0.4, 0.5) is 0 Å². The molecule has 20 heavy (non-hydrogen) atoms. The van der Waals surface area contributed by atoms with Crippen LogP contribution in [0.3, 0.4) is 0 Å². The fourth-order valence-electron chi connectivity index (χ4n) is 2.22. The van der Waals surface area contributed by atoms with Gasteiger partial charge in [-0.15, -0.1) is 11.6 Å². The van der Waals surface area contributed by atoms with Crippen LogP contribution in [0.2, 0.25) is 0 Å². The van der Waals surface area contributed by atoms with E-state index in [-0.39, 0.29) is 17.4 Å². The molecular formula is C16H22ClNO2. The van der Waals surface area contributed by atoms with Crippen LogP contribution >= 0.6 is 11.6 Å². The number of rotatable bonds is 7. The van der Waals surface area contributed by atoms with E-state index in [1.807, 2.05) is 26.0 Å². The van der Waals surface area contributed by atoms with Crippen molar-refractivity contribution in [1.29, 1.82) is 0 Å². The van der Waals surface area contributed by atoms with Crippen molar-refractivity contribution in [2.24, 2.45) is 5.41 Å². The maximum Gasteiger partial charge on any atom is 0.251 e. The van der Waals surface area contributed by atoms with Gasteiger partial charge in [0.25, 0.3) is 5.91 Å². The zero-order valence-electron chi connectivity index (χ0n) is 12.1. The fourth-order valence-corrected chi connectivity index (χ4v) is 2.62. The second kappa shape index (κ2) is 6.49. The van der Waals surface area contributed by atoms with Crippen LogP contribution in [0.5, 0.6) is 5.75 Å². The summed E-state index contributed by atoms with van der Waals surface area (Å²) < 4.78 is 5.56. The summed E-state index contributed by atoms with van der Waals surface area (Å²) >= 11 is 5.79. The van der Waals surface area contributed by atoms with E-state index < -0.39 is 0 Å². The third-order valence-electron chi connectivity index (χ3n) is 3.69. The number of nitrogens with one attached hydrogen (secondary N) is 1. The summed E-state index contributed by atoms with van der Waals surface area (Å²) in [7, 11) is 0. The highest BCUT2D eigenvalue weighted by atomic mass is 35.5. The van der Waals surface area contributed by atoms with Crippen LogP contribution in [0, 0.1) is 5.41 Å². The molecule has 110 valence electrons. The van der Waals surface area contributed by atoms with E-state index in [9.17, 15) is 4.79 Å². The molecule has 1 aromatic rings. The lowest BCUT2D eigenvalue weighted by Crippen LogP contribution is -2.30. The Balaban J connectivity index is 1.86. The number of ether oxygens (including phenoxy) is 1. The Morgan fingerprint density at radius 1 is 1.35 bits per heavy atom. The molecule has 0 bridgehead atoms. The first-order chi connectivity index (χ1) is 9.54. The molecule has 1 saturated carbocycles. The van der Waals surface area contributed by atoms with Gasteiger partial charge in [0.1, 0.15) is 5.75 Å². The molecule has 0 atom stereocenters. The number of benzene rings is 1. The maximum atomic E-state index is 12.1. The normalized spacial score (nSPS) is 16.0. The van der Waals surface area contributed by atoms with Crippen LogP contribution in [0.15, 0.2) is 24.3 Å². The molecule has 0 spiro atoms. The van der Waals surface area contributed by atoms with E-state index in [4.69, 9.17) is 16.3 Å². The minimum atomic E-state index is -0.0260. The second-order valence-corrected chi connectivity index (χ2v) is 6.19. The molecule has 1 N–H and O–H groups in total. The molecule has 3 nitrogen and oxygen atoms in total. The topological polar surface area (TPSA) is 38.3 Å². The van der Waals surface area contributed by atoms with Gasteiger partial charge in [-0.2, -0.15) is 0 Å². The monoisotopic (exact) mass is 295 g/mol. The number of carbonyl (C=O) groups excluding carboxylic acids is 1. The van der Waals surface area contributed by atoms with E-state index in [2.05, 4.69) is 5.32 Å². The van der Waals surface area contributed by atoms with E-state index in [0.29, 0.717) is 11.4 Å². The zero-order valence-corrected chi connectivity index (χ0v) is 12.9. The third kappa shape index (κ3) is 4.14. The van der Waals surface area contributed by atoms with Crippen LogP contribution < -0.4 is 10.1 Å². The first-order valence-corrected chi connectivity index (χ1v) is 7.69. The van der Waals surface area contributed by atoms with Gasteiger partial charge < -0.3 is 10.1 Å². The van der Waals surface area contributed by atoms with Crippen molar-refractivity contribution in [2.45, 2.75) is 39.2 Å². The molecule has 1 aromatic carbocycles. The molecule has 2 rings (SSSR count). The van der Waals surface area contributed by atoms with Crippen LogP contribution in [-0.2, 0) is 0 Å². The highest BCUT2D eigenvalue weighted by molar-refractivity contribution is 6.17. The van der Waals surface area contributed by atoms with Gasteiger partial charge in [-0.25, -0.2) is 0 Å². The lowest BCUT2D eigenvalue weighted by Gasteiger charge is -2.14. The lowest BCUT2D eigenvalue weighted by atomic mass is 10.0. The Morgan fingerprint density at radius 3 is 2.50 bits per heavy atom. The van der Waals surface area contributed by atoms with E-state index >= 15 is 0 Å². The number of alkyl halides is 1. The van der Waals surface area contributed by atoms with E-state index in [0.717, 1.165) is 18.7 Å². The van der Waals surface area contributed by atoms with Gasteiger partial charge in [0.2, 0.25) is 0 Å². The largest absolute Gasteiger partial charge is 0.491 e. The minimum Gasteiger partial charge on any atom is -0.491 e. The van der Waals surface area contributed by atoms with Crippen molar-refractivity contribution in [3.8, 4) is 5.75 Å². The van der Waals surface area contributed by atoms with Gasteiger partial charge in [0.15, 0.2) is 0 Å². The molecular weight excluding hydrogens is 274 g/mol. The van der Waals surface area contributed by atoms with Crippen LogP contribution in [-0.4, -0.2) is 24.4 Å². The van der Waals surface area contributed by atoms with Crippen LogP contribution in [0.25, 0.3) is 0 Å². The van der Waals surface area contributed by atoms with Crippen LogP contribution in [0.1, 0.15) is 43.5 Å². The number of hydrogen-bond donors (Lipinski definition) is 1. The van der Waals surface area contributed by atoms with Gasteiger partial charge in [0, 0.05) is 18.0 Å². The Morgan fingerprint density at radius 2 is 2.00 bits per heavy atom. The quantitative estimate of drug-likeness (QED) is 0.780. The smallest absolute Gasteiger partial charge is 0.251 e. The molecule has 1 fully saturated rings. The summed E-state index contributed by atoms with van der Waals surface area (Å²) in [6.45, 7) is 4.68. The predicted molar refractivity (Wildman–Crippen MR) is 81.5 cm³/mol. The Kier molecular flexibility index (Phi) is 4.92. The van der Waals surface area contributed by atoms with Crippen molar-refractivity contribution >= 4 is 17.5 Å². The molecule has 0 aromatic heterocycles. The summed E-state index contributed by atoms with van der Waals surface area (Å²) in [4.78, 5) is 12.1. The van der Waals surface area contributed by atoms with E-state index in [1.165, 1.54) is 12.8 Å². The predicted octanol–water partition coefficient (Wildman–Crippen LogP) is 3.61. The van der Waals surface area contributed by atoms with E-state index in [1.54, 1.807) is 12.1 Å². The number of carbonyl (C=O) groups is 1. The zero-order chi connectivity index (χ0) is 14.6. The molecule has 0 unspecified atom stereocenters. The average Bonchev–Trinajstić information content (AvgIpc) is 3.17. The van der Waals surface area contributed by atoms with Gasteiger partial charge in [-0.05, 0) is 62.8 Å². The molecule has 0 aliphatic heterocycles. The highest BCUT2D eigenvalue weighted by Crippen LogP contribution is 2.48. The van der Waals surface area contributed by atoms with Crippen molar-refractivity contribution < 1.29 is 9.53 Å². The van der Waals surface area contributed by atoms with Gasteiger partial charge >= 0.3 is 0 Å². The first-order valence-electron chi connectivity index (χ1n) is 7.16. The summed E-state index contributed by atoms with van der Waals surface area (Å²) in [5.74, 6) is 1.43. The SMILES string of the molecule is CC(C)Oc1ccc(C(=O)NCC2(CCCl)CC2)cc1. The number of hydrogen-bond acceptors (Lipinski definition) is 2. The fraction of sp³-hybridized carbons (Fsp3) is 0.562. The third-order valence-corrected chi connectivity index (χ3v) is 3.88. The molecule has 0 radical (unpaired) electrons. The summed E-state index contributed by atoms with van der Waals surface area (Å²) in [6.07, 6.45) is 3.46. The molecule has 4 heteroatoms. The first kappa shape index (κ1) is 15.2. The molecule has 1 amide bonds. The molecule has 1 aliphatic carbocycles. The van der Waals surface area contributed by atoms with Crippen molar-refractivity contribution in [1.82, 2.24) is 5.32 Å². The highest BCUT2D eigenvalue weighted by Gasteiger charge is 2.41. The Hall–Kier alpha value is -1.22. The summed E-state index contributed by atoms with van der Waals surface area (Å²) in [6, 6.07) is 7.27. The van der Waals surface area contributed by atoms with Gasteiger partial charge in [-0.1, -0.05) is 0 Å². The molecule has 0 heterocycles. The maximum absolute atomic E-state index is 12.1. The van der Waals surface area contributed by atoms with Crippen molar-refractivity contribution in [3.05, 3.63) is 29.8 Å². The molecule has 0 saturated heterocycles. The average molecular weight is 296 g/mol. The molecule has 1 aliphatic rings. The lowest BCUT2D eigenvalue weighted by molar-refractivity contribution is 0.0944. The van der Waals surface area contributed by atoms with Crippen molar-refractivity contribution in [3.63, 3.8) is 0 Å². The number of amides is 1. The Labute approximate surface area is 125 Å². The minimum absolute atomic E-state index is 0.0260. The van der Waals surface area contributed by atoms with Gasteiger partial charge in [-0.3, -0.25) is 4.79 Å². The summed E-state index contributed by atoms with van der Waals surface area (Å²) in [5, 5.41) is 3.01. The van der Waals surface area contributed by atoms with Crippen molar-refractivity contribution in [2.75, 3.05) is 12.4 Å². The second-order valence-electron chi connectivity index (χ2n) is 5.81. The summed E-state index contributed by atoms with van der Waals surface area (Å²) in [5.41, 5.74) is 0.931.